The van der Waals surface area contributed by atoms with E-state index in [1.165, 1.54) is 6.07 Å². The average molecular weight is 296 g/mol. The van der Waals surface area contributed by atoms with Crippen LogP contribution in [0.4, 0.5) is 0 Å². The van der Waals surface area contributed by atoms with Gasteiger partial charge in [-0.2, -0.15) is 0 Å². The Kier molecular flexibility index (Phi) is 2.82. The molecule has 4 rings (SSSR count). The monoisotopic (exact) mass is 296 g/mol. The Morgan fingerprint density at radius 1 is 1.27 bits per heavy atom. The maximum Gasteiger partial charge on any atom is 0.290 e. The fourth-order valence-electron chi connectivity index (χ4n) is 2.68. The first kappa shape index (κ1) is 12.8. The first-order valence-electron chi connectivity index (χ1n) is 6.97. The second-order valence-electron chi connectivity index (χ2n) is 5.22. The van der Waals surface area contributed by atoms with E-state index in [0.29, 0.717) is 30.5 Å². The number of aromatic nitrogens is 1. The van der Waals surface area contributed by atoms with Crippen molar-refractivity contribution in [3.05, 3.63) is 63.8 Å². The van der Waals surface area contributed by atoms with Crippen LogP contribution in [0.5, 0.6) is 0 Å². The lowest BCUT2D eigenvalue weighted by atomic mass is 10.1. The zero-order valence-corrected chi connectivity index (χ0v) is 11.6. The lowest BCUT2D eigenvalue weighted by Crippen LogP contribution is -2.35. The summed E-state index contributed by atoms with van der Waals surface area (Å²) in [6, 6.07) is 8.15. The van der Waals surface area contributed by atoms with Crippen LogP contribution in [0.3, 0.4) is 0 Å². The molecule has 110 valence electrons. The summed E-state index contributed by atoms with van der Waals surface area (Å²) in [6.45, 7) is 0.922. The molecule has 3 aromatic rings. The molecule has 1 aliphatic heterocycles. The molecule has 1 aliphatic rings. The van der Waals surface area contributed by atoms with E-state index in [9.17, 15) is 9.59 Å². The van der Waals surface area contributed by atoms with Gasteiger partial charge in [-0.25, -0.2) is 0 Å². The highest BCUT2D eigenvalue weighted by Gasteiger charge is 2.26. The van der Waals surface area contributed by atoms with Crippen LogP contribution in [0.15, 0.2) is 50.3 Å². The largest absolute Gasteiger partial charge is 0.451 e. The third kappa shape index (κ3) is 2.00. The maximum atomic E-state index is 12.6. The second-order valence-corrected chi connectivity index (χ2v) is 5.22. The molecule has 1 aromatic carbocycles. The number of benzene rings is 1. The van der Waals surface area contributed by atoms with Gasteiger partial charge >= 0.3 is 0 Å². The number of carbonyl (C=O) groups excluding carboxylic acids is 1. The zero-order chi connectivity index (χ0) is 15.1. The smallest absolute Gasteiger partial charge is 0.290 e. The fraction of sp³-hybridized carbons (Fsp3) is 0.188. The Hall–Kier alpha value is -2.89. The minimum Gasteiger partial charge on any atom is -0.451 e. The molecule has 2 aromatic heterocycles. The van der Waals surface area contributed by atoms with Crippen molar-refractivity contribution in [2.75, 3.05) is 6.54 Å². The molecule has 0 aliphatic carbocycles. The van der Waals surface area contributed by atoms with Crippen LogP contribution in [0, 0.1) is 0 Å². The van der Waals surface area contributed by atoms with Gasteiger partial charge in [0.1, 0.15) is 11.3 Å². The Bertz CT molecular complexity index is 925. The number of hydrogen-bond donors (Lipinski definition) is 0. The molecule has 0 unspecified atom stereocenters. The number of carbonyl (C=O) groups is 1. The maximum absolute atomic E-state index is 12.6. The third-order valence-electron chi connectivity index (χ3n) is 3.83. The molecule has 0 fully saturated rings. The summed E-state index contributed by atoms with van der Waals surface area (Å²) in [5.74, 6) is 0.572. The van der Waals surface area contributed by atoms with Gasteiger partial charge in [-0.15, -0.1) is 0 Å². The molecule has 0 spiro atoms. The van der Waals surface area contributed by atoms with Gasteiger partial charge in [0.15, 0.2) is 11.2 Å². The summed E-state index contributed by atoms with van der Waals surface area (Å²) in [5.41, 5.74) is 1.09. The molecular weight excluding hydrogens is 284 g/mol. The Morgan fingerprint density at radius 2 is 2.14 bits per heavy atom. The van der Waals surface area contributed by atoms with Crippen molar-refractivity contribution < 1.29 is 13.7 Å². The van der Waals surface area contributed by atoms with Crippen molar-refractivity contribution in [3.8, 4) is 0 Å². The van der Waals surface area contributed by atoms with Crippen LogP contribution in [0.2, 0.25) is 0 Å². The standard InChI is InChI=1S/C16H12N2O4/c19-12-7-15(21-14-4-2-1-3-11(12)14)16(20)18-6-5-13-10(9-18)8-17-22-13/h1-4,7-8H,5-6,9H2. The summed E-state index contributed by atoms with van der Waals surface area (Å²) in [6.07, 6.45) is 2.23. The SMILES string of the molecule is O=C(c1cc(=O)c2ccccc2o1)N1CCc2oncc2C1. The number of para-hydroxylation sites is 1. The van der Waals surface area contributed by atoms with Crippen LogP contribution in [-0.4, -0.2) is 22.5 Å². The Labute approximate surface area is 124 Å². The van der Waals surface area contributed by atoms with Crippen LogP contribution in [0.1, 0.15) is 21.9 Å². The van der Waals surface area contributed by atoms with Gasteiger partial charge in [0, 0.05) is 24.6 Å². The van der Waals surface area contributed by atoms with E-state index in [2.05, 4.69) is 5.16 Å². The van der Waals surface area contributed by atoms with Gasteiger partial charge in [0.05, 0.1) is 18.1 Å². The van der Waals surface area contributed by atoms with Gasteiger partial charge in [-0.05, 0) is 12.1 Å². The fourth-order valence-corrected chi connectivity index (χ4v) is 2.68. The molecule has 6 heteroatoms. The molecule has 0 radical (unpaired) electrons. The summed E-state index contributed by atoms with van der Waals surface area (Å²) < 4.78 is 10.7. The van der Waals surface area contributed by atoms with E-state index in [0.717, 1.165) is 11.3 Å². The van der Waals surface area contributed by atoms with Gasteiger partial charge in [-0.3, -0.25) is 9.59 Å². The molecule has 0 atom stereocenters. The van der Waals surface area contributed by atoms with E-state index in [4.69, 9.17) is 8.94 Å². The normalized spacial score (nSPS) is 14.1. The summed E-state index contributed by atoms with van der Waals surface area (Å²) in [5, 5.41) is 4.21. The van der Waals surface area contributed by atoms with E-state index >= 15 is 0 Å². The summed E-state index contributed by atoms with van der Waals surface area (Å²) in [4.78, 5) is 26.3. The highest BCUT2D eigenvalue weighted by molar-refractivity contribution is 5.93. The lowest BCUT2D eigenvalue weighted by molar-refractivity contribution is 0.0697. The highest BCUT2D eigenvalue weighted by atomic mass is 16.5. The second kappa shape index (κ2) is 4.84. The molecule has 0 saturated heterocycles. The lowest BCUT2D eigenvalue weighted by Gasteiger charge is -2.25. The molecule has 0 N–H and O–H groups in total. The molecule has 3 heterocycles. The highest BCUT2D eigenvalue weighted by Crippen LogP contribution is 2.20. The quantitative estimate of drug-likeness (QED) is 0.686. The molecule has 0 bridgehead atoms. The van der Waals surface area contributed by atoms with Gasteiger partial charge in [0.2, 0.25) is 0 Å². The summed E-state index contributed by atoms with van der Waals surface area (Å²) in [7, 11) is 0. The van der Waals surface area contributed by atoms with E-state index in [-0.39, 0.29) is 17.1 Å². The predicted molar refractivity (Wildman–Crippen MR) is 77.4 cm³/mol. The van der Waals surface area contributed by atoms with E-state index in [1.807, 2.05) is 0 Å². The van der Waals surface area contributed by atoms with Crippen molar-refractivity contribution >= 4 is 16.9 Å². The number of nitrogens with zero attached hydrogens (tertiary/aromatic N) is 2. The topological polar surface area (TPSA) is 76.6 Å². The first-order valence-corrected chi connectivity index (χ1v) is 6.97. The molecule has 6 nitrogen and oxygen atoms in total. The number of fused-ring (bicyclic) bond motifs is 2. The Balaban J connectivity index is 1.70. The first-order chi connectivity index (χ1) is 10.7. The van der Waals surface area contributed by atoms with E-state index in [1.54, 1.807) is 35.4 Å². The number of hydrogen-bond acceptors (Lipinski definition) is 5. The summed E-state index contributed by atoms with van der Waals surface area (Å²) >= 11 is 0. The Morgan fingerprint density at radius 3 is 3.05 bits per heavy atom. The molecule has 1 amide bonds. The van der Waals surface area contributed by atoms with Gasteiger partial charge < -0.3 is 13.8 Å². The minimum absolute atomic E-state index is 0.0589. The minimum atomic E-state index is -0.297. The van der Waals surface area contributed by atoms with Crippen LogP contribution in [0.25, 0.3) is 11.0 Å². The van der Waals surface area contributed by atoms with Crippen molar-refractivity contribution in [1.82, 2.24) is 10.1 Å². The van der Waals surface area contributed by atoms with Crippen molar-refractivity contribution in [2.24, 2.45) is 0 Å². The average Bonchev–Trinajstić information content (AvgIpc) is 3.01. The molecule has 0 saturated carbocycles. The van der Waals surface area contributed by atoms with Crippen LogP contribution in [-0.2, 0) is 13.0 Å². The van der Waals surface area contributed by atoms with Crippen molar-refractivity contribution in [3.63, 3.8) is 0 Å². The van der Waals surface area contributed by atoms with Gasteiger partial charge in [-0.1, -0.05) is 17.3 Å². The van der Waals surface area contributed by atoms with Gasteiger partial charge in [0.25, 0.3) is 5.91 Å². The number of amides is 1. The van der Waals surface area contributed by atoms with Crippen LogP contribution >= 0.6 is 0 Å². The number of rotatable bonds is 1. The zero-order valence-electron chi connectivity index (χ0n) is 11.6. The van der Waals surface area contributed by atoms with Crippen molar-refractivity contribution in [2.45, 2.75) is 13.0 Å². The predicted octanol–water partition coefficient (Wildman–Crippen LogP) is 1.98. The molecular formula is C16H12N2O4. The van der Waals surface area contributed by atoms with E-state index < -0.39 is 0 Å². The third-order valence-corrected chi connectivity index (χ3v) is 3.83. The van der Waals surface area contributed by atoms with Crippen molar-refractivity contribution in [1.29, 1.82) is 0 Å². The molecule has 22 heavy (non-hydrogen) atoms. The van der Waals surface area contributed by atoms with Crippen LogP contribution < -0.4 is 5.43 Å².